The average Bonchev–Trinajstić information content (AvgIpc) is 2.90. The van der Waals surface area contributed by atoms with Gasteiger partial charge in [0, 0.05) is 6.04 Å². The van der Waals surface area contributed by atoms with Crippen molar-refractivity contribution >= 4 is 0 Å². The molecule has 0 aromatic rings. The lowest BCUT2D eigenvalue weighted by Crippen LogP contribution is -2.30. The Kier molecular flexibility index (Phi) is 3.45. The van der Waals surface area contributed by atoms with E-state index in [-0.39, 0.29) is 0 Å². The van der Waals surface area contributed by atoms with E-state index in [1.807, 2.05) is 0 Å². The second-order valence-electron chi connectivity index (χ2n) is 6.70. The molecule has 1 aliphatic heterocycles. The highest BCUT2D eigenvalue weighted by molar-refractivity contribution is 4.93. The molecule has 98 valence electrons. The van der Waals surface area contributed by atoms with Gasteiger partial charge in [0.1, 0.15) is 0 Å². The Balaban J connectivity index is 1.50. The van der Waals surface area contributed by atoms with Crippen molar-refractivity contribution < 1.29 is 4.74 Å². The molecule has 3 unspecified atom stereocenters. The van der Waals surface area contributed by atoms with Crippen LogP contribution in [0.1, 0.15) is 70.6 Å². The van der Waals surface area contributed by atoms with E-state index in [1.165, 1.54) is 70.6 Å². The largest absolute Gasteiger partial charge is 0.372 e. The van der Waals surface area contributed by atoms with E-state index in [1.54, 1.807) is 0 Å². The molecule has 1 saturated heterocycles. The first-order valence-corrected chi connectivity index (χ1v) is 7.69. The summed E-state index contributed by atoms with van der Waals surface area (Å²) in [6.45, 7) is 0. The van der Waals surface area contributed by atoms with Crippen LogP contribution in [0.2, 0.25) is 0 Å². The summed E-state index contributed by atoms with van der Waals surface area (Å²) in [5.41, 5.74) is 6.40. The lowest BCUT2D eigenvalue weighted by Gasteiger charge is -2.30. The van der Waals surface area contributed by atoms with Crippen molar-refractivity contribution in [1.82, 2.24) is 0 Å². The van der Waals surface area contributed by atoms with Crippen LogP contribution in [0.3, 0.4) is 0 Å². The Bertz CT molecular complexity index is 260. The van der Waals surface area contributed by atoms with Crippen molar-refractivity contribution in [3.63, 3.8) is 0 Å². The maximum absolute atomic E-state index is 6.41. The summed E-state index contributed by atoms with van der Waals surface area (Å²) in [5, 5.41) is 0. The summed E-state index contributed by atoms with van der Waals surface area (Å²) in [5.74, 6) is 0.848. The van der Waals surface area contributed by atoms with Gasteiger partial charge in [0.2, 0.25) is 0 Å². The number of hydrogen-bond acceptors (Lipinski definition) is 2. The molecule has 0 amide bonds. The summed E-state index contributed by atoms with van der Waals surface area (Å²) in [6.07, 6.45) is 15.1. The fraction of sp³-hybridized carbons (Fsp3) is 1.00. The topological polar surface area (TPSA) is 35.2 Å². The van der Waals surface area contributed by atoms with Gasteiger partial charge in [-0.1, -0.05) is 25.7 Å². The first-order chi connectivity index (χ1) is 8.26. The third-order valence-corrected chi connectivity index (χ3v) is 5.27. The van der Waals surface area contributed by atoms with Crippen LogP contribution in [0.5, 0.6) is 0 Å². The average molecular weight is 237 g/mol. The second-order valence-corrected chi connectivity index (χ2v) is 6.70. The molecule has 3 fully saturated rings. The molecule has 3 rings (SSSR count). The molecule has 2 saturated carbocycles. The molecular weight excluding hydrogens is 210 g/mol. The monoisotopic (exact) mass is 237 g/mol. The predicted molar refractivity (Wildman–Crippen MR) is 69.9 cm³/mol. The van der Waals surface area contributed by atoms with Gasteiger partial charge in [0.05, 0.1) is 11.7 Å². The number of hydrogen-bond donors (Lipinski definition) is 1. The SMILES string of the molecule is NC1CCCC(CC2CCC3(CCCC3)O2)C1. The fourth-order valence-corrected chi connectivity index (χ4v) is 4.37. The van der Waals surface area contributed by atoms with Crippen molar-refractivity contribution in [3.05, 3.63) is 0 Å². The van der Waals surface area contributed by atoms with Crippen LogP contribution < -0.4 is 5.73 Å². The Hall–Kier alpha value is -0.0800. The summed E-state index contributed by atoms with van der Waals surface area (Å²) in [6, 6.07) is 0.468. The molecule has 1 spiro atoms. The van der Waals surface area contributed by atoms with Crippen molar-refractivity contribution in [3.8, 4) is 0 Å². The van der Waals surface area contributed by atoms with E-state index in [2.05, 4.69) is 0 Å². The number of rotatable bonds is 2. The van der Waals surface area contributed by atoms with Crippen LogP contribution in [0.15, 0.2) is 0 Å². The van der Waals surface area contributed by atoms with Gasteiger partial charge < -0.3 is 10.5 Å². The van der Waals surface area contributed by atoms with Gasteiger partial charge in [-0.3, -0.25) is 0 Å². The molecule has 0 bridgehead atoms. The van der Waals surface area contributed by atoms with Gasteiger partial charge in [-0.2, -0.15) is 0 Å². The lowest BCUT2D eigenvalue weighted by atomic mass is 9.82. The Morgan fingerprint density at radius 1 is 1.00 bits per heavy atom. The Morgan fingerprint density at radius 3 is 2.59 bits per heavy atom. The van der Waals surface area contributed by atoms with Gasteiger partial charge in [-0.25, -0.2) is 0 Å². The molecule has 0 aromatic heterocycles. The van der Waals surface area contributed by atoms with E-state index in [0.717, 1.165) is 5.92 Å². The molecule has 2 N–H and O–H groups in total. The summed E-state index contributed by atoms with van der Waals surface area (Å²) >= 11 is 0. The van der Waals surface area contributed by atoms with Crippen LogP contribution >= 0.6 is 0 Å². The fourth-order valence-electron chi connectivity index (χ4n) is 4.37. The first-order valence-electron chi connectivity index (χ1n) is 7.69. The molecule has 0 aromatic carbocycles. The van der Waals surface area contributed by atoms with E-state index >= 15 is 0 Å². The van der Waals surface area contributed by atoms with Crippen LogP contribution in [0, 0.1) is 5.92 Å². The number of ether oxygens (including phenoxy) is 1. The molecule has 2 heteroatoms. The zero-order valence-electron chi connectivity index (χ0n) is 11.0. The summed E-state index contributed by atoms with van der Waals surface area (Å²) < 4.78 is 6.41. The molecule has 2 aliphatic carbocycles. The zero-order valence-corrected chi connectivity index (χ0v) is 11.0. The highest BCUT2D eigenvalue weighted by atomic mass is 16.5. The van der Waals surface area contributed by atoms with Gasteiger partial charge >= 0.3 is 0 Å². The van der Waals surface area contributed by atoms with Crippen LogP contribution in [-0.4, -0.2) is 17.7 Å². The summed E-state index contributed by atoms with van der Waals surface area (Å²) in [7, 11) is 0. The van der Waals surface area contributed by atoms with Gasteiger partial charge in [-0.05, 0) is 50.9 Å². The quantitative estimate of drug-likeness (QED) is 0.799. The highest BCUT2D eigenvalue weighted by Gasteiger charge is 2.42. The molecule has 0 radical (unpaired) electrons. The highest BCUT2D eigenvalue weighted by Crippen LogP contribution is 2.45. The molecule has 2 nitrogen and oxygen atoms in total. The third-order valence-electron chi connectivity index (χ3n) is 5.27. The lowest BCUT2D eigenvalue weighted by molar-refractivity contribution is -0.0460. The molecule has 3 aliphatic rings. The van der Waals surface area contributed by atoms with E-state index in [4.69, 9.17) is 10.5 Å². The van der Waals surface area contributed by atoms with Crippen molar-refractivity contribution in [2.24, 2.45) is 11.7 Å². The van der Waals surface area contributed by atoms with Crippen molar-refractivity contribution in [2.45, 2.75) is 88.4 Å². The Labute approximate surface area is 105 Å². The van der Waals surface area contributed by atoms with Crippen molar-refractivity contribution in [2.75, 3.05) is 0 Å². The maximum Gasteiger partial charge on any atom is 0.0687 e. The minimum Gasteiger partial charge on any atom is -0.372 e. The van der Waals surface area contributed by atoms with Gasteiger partial charge in [-0.15, -0.1) is 0 Å². The zero-order chi connectivity index (χ0) is 11.7. The predicted octanol–water partition coefficient (Wildman–Crippen LogP) is 3.39. The van der Waals surface area contributed by atoms with E-state index in [9.17, 15) is 0 Å². The second kappa shape index (κ2) is 4.89. The maximum atomic E-state index is 6.41. The molecule has 1 heterocycles. The molecular formula is C15H27NO. The van der Waals surface area contributed by atoms with Crippen LogP contribution in [0.25, 0.3) is 0 Å². The van der Waals surface area contributed by atoms with E-state index < -0.39 is 0 Å². The smallest absolute Gasteiger partial charge is 0.0687 e. The third kappa shape index (κ3) is 2.68. The van der Waals surface area contributed by atoms with Gasteiger partial charge in [0.15, 0.2) is 0 Å². The Morgan fingerprint density at radius 2 is 1.82 bits per heavy atom. The molecule has 17 heavy (non-hydrogen) atoms. The minimum absolute atomic E-state index is 0.321. The van der Waals surface area contributed by atoms with Crippen LogP contribution in [0.4, 0.5) is 0 Å². The van der Waals surface area contributed by atoms with E-state index in [0.29, 0.717) is 17.7 Å². The standard InChI is InChI=1S/C15H27NO/c16-13-5-3-4-12(10-13)11-14-6-9-15(17-14)7-1-2-8-15/h12-14H,1-11,16H2. The minimum atomic E-state index is 0.321. The van der Waals surface area contributed by atoms with Crippen molar-refractivity contribution in [1.29, 1.82) is 0 Å². The van der Waals surface area contributed by atoms with Crippen LogP contribution in [-0.2, 0) is 4.74 Å². The normalized spacial score (nSPS) is 41.1. The molecule has 3 atom stereocenters. The summed E-state index contributed by atoms with van der Waals surface area (Å²) in [4.78, 5) is 0. The number of nitrogens with two attached hydrogens (primary N) is 1. The van der Waals surface area contributed by atoms with Gasteiger partial charge in [0.25, 0.3) is 0 Å². The first kappa shape index (κ1) is 12.0.